The van der Waals surface area contributed by atoms with Crippen molar-refractivity contribution in [3.05, 3.63) is 0 Å². The summed E-state index contributed by atoms with van der Waals surface area (Å²) in [6.45, 7) is 4.24. The van der Waals surface area contributed by atoms with Gasteiger partial charge < -0.3 is 15.5 Å². The van der Waals surface area contributed by atoms with Crippen LogP contribution >= 0.6 is 0 Å². The van der Waals surface area contributed by atoms with Gasteiger partial charge in [0, 0.05) is 13.1 Å². The Balaban J connectivity index is 4.53. The minimum absolute atomic E-state index is 0.249. The van der Waals surface area contributed by atoms with Gasteiger partial charge in [-0.3, -0.25) is 4.79 Å². The van der Waals surface area contributed by atoms with Gasteiger partial charge in [-0.15, -0.1) is 0 Å². The van der Waals surface area contributed by atoms with E-state index >= 15 is 0 Å². The number of rotatable bonds is 8. The molecular formula is C10H20N2O6S. The van der Waals surface area contributed by atoms with Gasteiger partial charge in [-0.05, 0) is 6.92 Å². The molecular weight excluding hydrogens is 276 g/mol. The van der Waals surface area contributed by atoms with Crippen LogP contribution in [0.1, 0.15) is 20.8 Å². The van der Waals surface area contributed by atoms with E-state index in [1.165, 1.54) is 0 Å². The molecule has 0 radical (unpaired) electrons. The molecule has 9 heteroatoms. The minimum Gasteiger partial charge on any atom is -0.479 e. The molecule has 19 heavy (non-hydrogen) atoms. The monoisotopic (exact) mass is 296 g/mol. The second kappa shape index (κ2) is 6.83. The molecule has 1 unspecified atom stereocenters. The van der Waals surface area contributed by atoms with Crippen molar-refractivity contribution in [3.63, 3.8) is 0 Å². The molecule has 0 aromatic rings. The number of aliphatic hydroxyl groups is 1. The van der Waals surface area contributed by atoms with Gasteiger partial charge in [0.25, 0.3) is 0 Å². The molecule has 0 heterocycles. The smallest absolute Gasteiger partial charge is 0.337 e. The fourth-order valence-corrected chi connectivity index (χ4v) is 2.67. The van der Waals surface area contributed by atoms with Crippen molar-refractivity contribution >= 4 is 21.9 Å². The highest BCUT2D eigenvalue weighted by atomic mass is 32.2. The average molecular weight is 296 g/mol. The summed E-state index contributed by atoms with van der Waals surface area (Å²) in [5.74, 6) is -3.13. The first-order chi connectivity index (χ1) is 8.56. The number of carboxylic acid groups (broad SMARTS) is 1. The zero-order valence-electron chi connectivity index (χ0n) is 11.2. The molecule has 1 amide bonds. The number of carbonyl (C=O) groups excluding carboxylic acids is 1. The van der Waals surface area contributed by atoms with Gasteiger partial charge in [0.05, 0.1) is 6.54 Å². The molecule has 0 bridgehead atoms. The van der Waals surface area contributed by atoms with Gasteiger partial charge in [0.1, 0.15) is 5.75 Å². The third-order valence-electron chi connectivity index (χ3n) is 2.50. The van der Waals surface area contributed by atoms with Gasteiger partial charge in [-0.2, -0.15) is 0 Å². The number of hydrogen-bond acceptors (Lipinski definition) is 5. The first-order valence-electron chi connectivity index (χ1n) is 5.77. The summed E-state index contributed by atoms with van der Waals surface area (Å²) in [7, 11) is -3.72. The maximum atomic E-state index is 11.7. The normalized spacial score (nSPS) is 15.0. The molecule has 0 fully saturated rings. The maximum Gasteiger partial charge on any atom is 0.337 e. The van der Waals surface area contributed by atoms with Crippen molar-refractivity contribution in [2.75, 3.05) is 25.4 Å². The summed E-state index contributed by atoms with van der Waals surface area (Å²) >= 11 is 0. The molecule has 0 spiro atoms. The van der Waals surface area contributed by atoms with Crippen LogP contribution < -0.4 is 5.32 Å². The summed E-state index contributed by atoms with van der Waals surface area (Å²) in [6, 6.07) is 0. The quantitative estimate of drug-likeness (QED) is 0.506. The Hall–Kier alpha value is -1.19. The molecule has 0 aromatic heterocycles. The number of carbonyl (C=O) groups is 2. The third kappa shape index (κ3) is 5.53. The molecule has 0 aliphatic carbocycles. The van der Waals surface area contributed by atoms with Crippen LogP contribution in [-0.2, 0) is 19.6 Å². The largest absolute Gasteiger partial charge is 0.479 e. The Morgan fingerprint density at radius 3 is 2.11 bits per heavy atom. The molecule has 8 nitrogen and oxygen atoms in total. The Labute approximate surface area is 112 Å². The van der Waals surface area contributed by atoms with Crippen molar-refractivity contribution in [2.45, 2.75) is 26.4 Å². The molecule has 0 aromatic carbocycles. The van der Waals surface area contributed by atoms with Crippen molar-refractivity contribution < 1.29 is 28.2 Å². The highest BCUT2D eigenvalue weighted by Crippen LogP contribution is 2.03. The van der Waals surface area contributed by atoms with E-state index in [9.17, 15) is 23.1 Å². The lowest BCUT2D eigenvalue weighted by Gasteiger charge is -2.20. The number of amides is 1. The minimum atomic E-state index is -3.72. The molecule has 0 saturated carbocycles. The predicted octanol–water partition coefficient (Wildman–Crippen LogP) is -1.39. The first kappa shape index (κ1) is 17.8. The van der Waals surface area contributed by atoms with Gasteiger partial charge in [-0.1, -0.05) is 13.8 Å². The van der Waals surface area contributed by atoms with Crippen LogP contribution in [0.2, 0.25) is 0 Å². The SMILES string of the molecule is CCN(CC)S(=O)(=O)CC(=O)NCC(C)(O)C(=O)O. The topological polar surface area (TPSA) is 124 Å². The molecule has 1 atom stereocenters. The number of hydrogen-bond donors (Lipinski definition) is 3. The Morgan fingerprint density at radius 2 is 1.74 bits per heavy atom. The van der Waals surface area contributed by atoms with E-state index in [1.54, 1.807) is 13.8 Å². The maximum absolute atomic E-state index is 11.7. The summed E-state index contributed by atoms with van der Waals surface area (Å²) < 4.78 is 24.6. The van der Waals surface area contributed by atoms with E-state index in [2.05, 4.69) is 5.32 Å². The van der Waals surface area contributed by atoms with Crippen LogP contribution in [0.15, 0.2) is 0 Å². The molecule has 0 rings (SSSR count). The van der Waals surface area contributed by atoms with Crippen LogP contribution in [0.4, 0.5) is 0 Å². The van der Waals surface area contributed by atoms with Crippen molar-refractivity contribution in [1.82, 2.24) is 9.62 Å². The Morgan fingerprint density at radius 1 is 1.26 bits per heavy atom. The molecule has 0 saturated heterocycles. The molecule has 0 aliphatic heterocycles. The van der Waals surface area contributed by atoms with Crippen LogP contribution in [0.3, 0.4) is 0 Å². The second-order valence-corrected chi connectivity index (χ2v) is 6.17. The van der Waals surface area contributed by atoms with E-state index in [4.69, 9.17) is 5.11 Å². The van der Waals surface area contributed by atoms with Crippen molar-refractivity contribution in [2.24, 2.45) is 0 Å². The lowest BCUT2D eigenvalue weighted by Crippen LogP contribution is -2.48. The van der Waals surface area contributed by atoms with Crippen molar-refractivity contribution in [1.29, 1.82) is 0 Å². The van der Waals surface area contributed by atoms with E-state index in [-0.39, 0.29) is 13.1 Å². The third-order valence-corrected chi connectivity index (χ3v) is 4.43. The average Bonchev–Trinajstić information content (AvgIpc) is 2.26. The standard InChI is InChI=1S/C10H20N2O6S/c1-4-12(5-2)19(17,18)6-8(13)11-7-10(3,16)9(14)15/h16H,4-7H2,1-3H3,(H,11,13)(H,14,15). The van der Waals surface area contributed by atoms with Gasteiger partial charge in [-0.25, -0.2) is 17.5 Å². The predicted molar refractivity (Wildman–Crippen MR) is 68.0 cm³/mol. The number of nitrogens with one attached hydrogen (secondary N) is 1. The van der Waals surface area contributed by atoms with Crippen molar-refractivity contribution in [3.8, 4) is 0 Å². The lowest BCUT2D eigenvalue weighted by molar-refractivity contribution is -0.156. The Kier molecular flexibility index (Phi) is 6.40. The van der Waals surface area contributed by atoms with E-state index in [1.807, 2.05) is 0 Å². The lowest BCUT2D eigenvalue weighted by atomic mass is 10.1. The van der Waals surface area contributed by atoms with E-state index in [0.717, 1.165) is 11.2 Å². The first-order valence-corrected chi connectivity index (χ1v) is 7.38. The molecule has 0 aliphatic rings. The zero-order chi connectivity index (χ0) is 15.3. The van der Waals surface area contributed by atoms with Gasteiger partial charge in [0.2, 0.25) is 15.9 Å². The number of aliphatic carboxylic acids is 1. The summed E-state index contributed by atoms with van der Waals surface area (Å²) in [5, 5.41) is 20.1. The highest BCUT2D eigenvalue weighted by Gasteiger charge is 2.31. The second-order valence-electron chi connectivity index (χ2n) is 4.20. The summed E-state index contributed by atoms with van der Waals surface area (Å²) in [5.41, 5.74) is -2.13. The fraction of sp³-hybridized carbons (Fsp3) is 0.800. The van der Waals surface area contributed by atoms with Crippen LogP contribution in [0.25, 0.3) is 0 Å². The van der Waals surface area contributed by atoms with E-state index in [0.29, 0.717) is 0 Å². The van der Waals surface area contributed by atoms with Gasteiger partial charge >= 0.3 is 5.97 Å². The highest BCUT2D eigenvalue weighted by molar-refractivity contribution is 7.89. The van der Waals surface area contributed by atoms with Crippen LogP contribution in [0, 0.1) is 0 Å². The van der Waals surface area contributed by atoms with Crippen LogP contribution in [0.5, 0.6) is 0 Å². The number of carboxylic acids is 1. The summed E-state index contributed by atoms with van der Waals surface area (Å²) in [6.07, 6.45) is 0. The van der Waals surface area contributed by atoms with E-state index < -0.39 is 39.8 Å². The summed E-state index contributed by atoms with van der Waals surface area (Å²) in [4.78, 5) is 22.0. The molecule has 112 valence electrons. The Bertz CT molecular complexity index is 427. The fourth-order valence-electron chi connectivity index (χ4n) is 1.27. The number of nitrogens with zero attached hydrogens (tertiary/aromatic N) is 1. The van der Waals surface area contributed by atoms with Gasteiger partial charge in [0.15, 0.2) is 5.60 Å². The number of sulfonamides is 1. The van der Waals surface area contributed by atoms with Crippen LogP contribution in [-0.4, -0.2) is 65.8 Å². The zero-order valence-corrected chi connectivity index (χ0v) is 12.0. The molecule has 3 N–H and O–H groups in total.